The van der Waals surface area contributed by atoms with E-state index in [0.29, 0.717) is 29.3 Å². The number of nitrogens with one attached hydrogen (secondary N) is 2. The minimum Gasteiger partial charge on any atom is -0.448 e. The van der Waals surface area contributed by atoms with Crippen LogP contribution in [0.4, 0.5) is 0 Å². The van der Waals surface area contributed by atoms with Gasteiger partial charge >= 0.3 is 5.97 Å². The Morgan fingerprint density at radius 2 is 1.84 bits per heavy atom. The summed E-state index contributed by atoms with van der Waals surface area (Å²) in [4.78, 5) is 39.0. The number of rotatable bonds is 6. The molecule has 25 heavy (non-hydrogen) atoms. The van der Waals surface area contributed by atoms with Crippen molar-refractivity contribution >= 4 is 17.7 Å². The van der Waals surface area contributed by atoms with Crippen molar-refractivity contribution < 1.29 is 19.1 Å². The lowest BCUT2D eigenvalue weighted by Gasteiger charge is -2.22. The van der Waals surface area contributed by atoms with E-state index in [1.807, 2.05) is 0 Å². The first-order chi connectivity index (χ1) is 11.8. The summed E-state index contributed by atoms with van der Waals surface area (Å²) in [5.74, 6) is -0.490. The molecule has 6 nitrogen and oxygen atoms in total. The lowest BCUT2D eigenvalue weighted by atomic mass is 9.89. The summed E-state index contributed by atoms with van der Waals surface area (Å²) < 4.78 is 5.27. The SMILES string of the molecule is CC(=O)c1c(C)[nH]c(C(=O)OC(C)C(=O)NCC2CCCCC2)c1C. The highest BCUT2D eigenvalue weighted by Gasteiger charge is 2.25. The van der Waals surface area contributed by atoms with Gasteiger partial charge in [-0.15, -0.1) is 0 Å². The molecule has 2 rings (SSSR count). The molecule has 1 unspecified atom stereocenters. The van der Waals surface area contributed by atoms with E-state index in [1.165, 1.54) is 26.2 Å². The van der Waals surface area contributed by atoms with E-state index in [-0.39, 0.29) is 17.4 Å². The number of carbonyl (C=O) groups excluding carboxylic acids is 3. The molecule has 0 aliphatic heterocycles. The maximum absolute atomic E-state index is 12.3. The number of hydrogen-bond donors (Lipinski definition) is 2. The average molecular weight is 348 g/mol. The van der Waals surface area contributed by atoms with E-state index in [0.717, 1.165) is 12.8 Å². The van der Waals surface area contributed by atoms with Crippen LogP contribution in [0, 0.1) is 19.8 Å². The Bertz CT molecular complexity index is 657. The predicted molar refractivity (Wildman–Crippen MR) is 94.7 cm³/mol. The van der Waals surface area contributed by atoms with Crippen LogP contribution >= 0.6 is 0 Å². The minimum absolute atomic E-state index is 0.108. The van der Waals surface area contributed by atoms with Gasteiger partial charge in [0, 0.05) is 17.8 Å². The van der Waals surface area contributed by atoms with Crippen LogP contribution in [-0.2, 0) is 9.53 Å². The fourth-order valence-electron chi connectivity index (χ4n) is 3.54. The minimum atomic E-state index is -0.875. The van der Waals surface area contributed by atoms with Gasteiger partial charge < -0.3 is 15.0 Å². The largest absolute Gasteiger partial charge is 0.448 e. The van der Waals surface area contributed by atoms with E-state index in [4.69, 9.17) is 4.74 Å². The molecule has 1 aliphatic carbocycles. The van der Waals surface area contributed by atoms with Crippen molar-refractivity contribution in [3.8, 4) is 0 Å². The molecule has 1 fully saturated rings. The van der Waals surface area contributed by atoms with Gasteiger partial charge in [-0.2, -0.15) is 0 Å². The van der Waals surface area contributed by atoms with Gasteiger partial charge in [0.05, 0.1) is 0 Å². The number of H-pyrrole nitrogens is 1. The van der Waals surface area contributed by atoms with Crippen molar-refractivity contribution in [1.82, 2.24) is 10.3 Å². The molecule has 1 atom stereocenters. The van der Waals surface area contributed by atoms with Crippen LogP contribution in [0.5, 0.6) is 0 Å². The first kappa shape index (κ1) is 19.2. The molecule has 2 N–H and O–H groups in total. The molecule has 0 bridgehead atoms. The summed E-state index contributed by atoms with van der Waals surface area (Å²) in [7, 11) is 0. The molecule has 1 aromatic heterocycles. The van der Waals surface area contributed by atoms with Gasteiger partial charge in [-0.05, 0) is 52.0 Å². The quantitative estimate of drug-likeness (QED) is 0.611. The van der Waals surface area contributed by atoms with E-state index < -0.39 is 12.1 Å². The lowest BCUT2D eigenvalue weighted by Crippen LogP contribution is -2.38. The summed E-state index contributed by atoms with van der Waals surface area (Å²) in [5, 5.41) is 2.88. The molecule has 1 heterocycles. The Kier molecular flexibility index (Phi) is 6.39. The van der Waals surface area contributed by atoms with Crippen molar-refractivity contribution in [3.63, 3.8) is 0 Å². The lowest BCUT2D eigenvalue weighted by molar-refractivity contribution is -0.129. The first-order valence-corrected chi connectivity index (χ1v) is 9.00. The van der Waals surface area contributed by atoms with Crippen molar-refractivity contribution in [2.45, 2.75) is 65.9 Å². The Morgan fingerprint density at radius 1 is 1.20 bits per heavy atom. The zero-order valence-corrected chi connectivity index (χ0v) is 15.5. The van der Waals surface area contributed by atoms with Gasteiger partial charge in [-0.1, -0.05) is 19.3 Å². The van der Waals surface area contributed by atoms with Crippen molar-refractivity contribution in [1.29, 1.82) is 0 Å². The summed E-state index contributed by atoms with van der Waals surface area (Å²) in [6.45, 7) is 7.09. The van der Waals surface area contributed by atoms with E-state index in [2.05, 4.69) is 10.3 Å². The number of amides is 1. The maximum atomic E-state index is 12.3. The highest BCUT2D eigenvalue weighted by atomic mass is 16.5. The second-order valence-electron chi connectivity index (χ2n) is 6.98. The highest BCUT2D eigenvalue weighted by Crippen LogP contribution is 2.23. The number of esters is 1. The fourth-order valence-corrected chi connectivity index (χ4v) is 3.54. The molecule has 6 heteroatoms. The topological polar surface area (TPSA) is 88.3 Å². The number of Topliss-reactive ketones (excluding diaryl/α,β-unsaturated/α-hetero) is 1. The van der Waals surface area contributed by atoms with Crippen LogP contribution < -0.4 is 5.32 Å². The third kappa shape index (κ3) is 4.71. The van der Waals surface area contributed by atoms with Crippen molar-refractivity contribution in [2.24, 2.45) is 5.92 Å². The number of ketones is 1. The van der Waals surface area contributed by atoms with Crippen LogP contribution in [0.15, 0.2) is 0 Å². The van der Waals surface area contributed by atoms with Gasteiger partial charge in [0.1, 0.15) is 5.69 Å². The summed E-state index contributed by atoms with van der Waals surface area (Å²) in [6, 6.07) is 0. The molecule has 138 valence electrons. The monoisotopic (exact) mass is 348 g/mol. The Hall–Kier alpha value is -2.11. The van der Waals surface area contributed by atoms with Crippen LogP contribution in [0.1, 0.15) is 78.1 Å². The summed E-state index contributed by atoms with van der Waals surface area (Å²) >= 11 is 0. The Labute approximate surface area is 148 Å². The van der Waals surface area contributed by atoms with Crippen LogP contribution in [0.3, 0.4) is 0 Å². The molecular weight excluding hydrogens is 320 g/mol. The second kappa shape index (κ2) is 8.32. The third-order valence-electron chi connectivity index (χ3n) is 4.94. The average Bonchev–Trinajstić information content (AvgIpc) is 2.88. The molecule has 1 saturated carbocycles. The number of aromatic nitrogens is 1. The van der Waals surface area contributed by atoms with Crippen LogP contribution in [0.2, 0.25) is 0 Å². The molecule has 1 amide bonds. The third-order valence-corrected chi connectivity index (χ3v) is 4.94. The van der Waals surface area contributed by atoms with E-state index in [1.54, 1.807) is 20.8 Å². The number of aryl methyl sites for hydroxylation is 1. The number of carbonyl (C=O) groups is 3. The molecule has 0 spiro atoms. The normalized spacial score (nSPS) is 16.3. The number of aromatic amines is 1. The van der Waals surface area contributed by atoms with Gasteiger partial charge in [0.2, 0.25) is 0 Å². The van der Waals surface area contributed by atoms with E-state index in [9.17, 15) is 14.4 Å². The Morgan fingerprint density at radius 3 is 2.40 bits per heavy atom. The van der Waals surface area contributed by atoms with E-state index >= 15 is 0 Å². The summed E-state index contributed by atoms with van der Waals surface area (Å²) in [6.07, 6.45) is 5.12. The zero-order valence-electron chi connectivity index (χ0n) is 15.5. The maximum Gasteiger partial charge on any atom is 0.355 e. The van der Waals surface area contributed by atoms with Gasteiger partial charge in [0.25, 0.3) is 5.91 Å². The summed E-state index contributed by atoms with van der Waals surface area (Å²) in [5.41, 5.74) is 1.92. The fraction of sp³-hybridized carbons (Fsp3) is 0.632. The van der Waals surface area contributed by atoms with Crippen molar-refractivity contribution in [3.05, 3.63) is 22.5 Å². The van der Waals surface area contributed by atoms with Gasteiger partial charge in [0.15, 0.2) is 11.9 Å². The van der Waals surface area contributed by atoms with Crippen LogP contribution in [0.25, 0.3) is 0 Å². The van der Waals surface area contributed by atoms with Gasteiger partial charge in [-0.25, -0.2) is 4.79 Å². The zero-order chi connectivity index (χ0) is 18.6. The molecule has 0 aromatic carbocycles. The highest BCUT2D eigenvalue weighted by molar-refractivity contribution is 6.01. The predicted octanol–water partition coefficient (Wildman–Crippen LogP) is 3.08. The van der Waals surface area contributed by atoms with Gasteiger partial charge in [-0.3, -0.25) is 9.59 Å². The first-order valence-electron chi connectivity index (χ1n) is 9.00. The molecule has 1 aliphatic rings. The molecule has 0 radical (unpaired) electrons. The smallest absolute Gasteiger partial charge is 0.355 e. The Balaban J connectivity index is 1.92. The molecule has 1 aromatic rings. The molecule has 0 saturated heterocycles. The molecular formula is C19H28N2O4. The van der Waals surface area contributed by atoms with Crippen molar-refractivity contribution in [2.75, 3.05) is 6.54 Å². The number of hydrogen-bond acceptors (Lipinski definition) is 4. The number of ether oxygens (including phenoxy) is 1. The second-order valence-corrected chi connectivity index (χ2v) is 6.98. The standard InChI is InChI=1S/C19H28N2O4/c1-11-16(13(3)22)12(2)21-17(11)19(24)25-14(4)18(23)20-10-15-8-6-5-7-9-15/h14-15,21H,5-10H2,1-4H3,(H,20,23). The van der Waals surface area contributed by atoms with Crippen LogP contribution in [-0.4, -0.2) is 35.3 Å².